The predicted octanol–water partition coefficient (Wildman–Crippen LogP) is 0.595. The molecule has 2 rings (SSSR count). The first-order valence-electron chi connectivity index (χ1n) is 6.47. The molecule has 0 bridgehead atoms. The van der Waals surface area contributed by atoms with Gasteiger partial charge >= 0.3 is 12.0 Å². The summed E-state index contributed by atoms with van der Waals surface area (Å²) < 4.78 is 0. The molecule has 1 atom stereocenters. The number of carbonyl (C=O) groups is 3. The Morgan fingerprint density at radius 1 is 1.35 bits per heavy atom. The van der Waals surface area contributed by atoms with E-state index in [1.807, 2.05) is 0 Å². The maximum atomic E-state index is 12.5. The van der Waals surface area contributed by atoms with E-state index in [-0.39, 0.29) is 12.4 Å². The first kappa shape index (κ1) is 18.4. The molecule has 0 unspecified atom stereocenters. The fourth-order valence-corrected chi connectivity index (χ4v) is 2.44. The average Bonchev–Trinajstić information content (AvgIpc) is 2.64. The van der Waals surface area contributed by atoms with Crippen LogP contribution in [0, 0.1) is 0 Å². The van der Waals surface area contributed by atoms with Crippen LogP contribution in [0.15, 0.2) is 29.4 Å². The smallest absolute Gasteiger partial charge is 0.328 e. The first-order valence-corrected chi connectivity index (χ1v) is 6.47. The van der Waals surface area contributed by atoms with Gasteiger partial charge in [0.25, 0.3) is 5.91 Å². The maximum absolute atomic E-state index is 12.5. The Hall–Kier alpha value is -2.61. The normalized spacial score (nSPS) is 21.0. The van der Waals surface area contributed by atoms with Crippen molar-refractivity contribution in [3.05, 3.63) is 35.4 Å². The molecule has 0 aliphatic carbocycles. The van der Waals surface area contributed by atoms with E-state index in [4.69, 9.17) is 10.9 Å². The van der Waals surface area contributed by atoms with Crippen LogP contribution in [0.25, 0.3) is 0 Å². The van der Waals surface area contributed by atoms with Gasteiger partial charge in [-0.1, -0.05) is 24.3 Å². The minimum atomic E-state index is -1.25. The summed E-state index contributed by atoms with van der Waals surface area (Å²) in [6.45, 7) is 0.927. The number of amides is 3. The highest BCUT2D eigenvalue weighted by Gasteiger charge is 2.53. The zero-order valence-corrected chi connectivity index (χ0v) is 13.4. The summed E-state index contributed by atoms with van der Waals surface area (Å²) in [7, 11) is 1.47. The minimum absolute atomic E-state index is 0. The zero-order valence-electron chi connectivity index (χ0n) is 12.6. The molecule has 1 aliphatic rings. The SMILES string of the molecule is CN1C(=O)N(CC(=O)O)C(=O)[C@@]1(C)c1ccc(C=NN)cc1.Cl. The number of carboxylic acids is 1. The number of nitrogens with zero attached hydrogens (tertiary/aromatic N) is 3. The molecule has 3 amide bonds. The molecule has 124 valence electrons. The molecular formula is C14H17ClN4O4. The molecule has 0 radical (unpaired) electrons. The quantitative estimate of drug-likeness (QED) is 0.360. The van der Waals surface area contributed by atoms with Crippen LogP contribution in [-0.4, -0.2) is 52.6 Å². The number of carbonyl (C=O) groups excluding carboxylic acids is 2. The highest BCUT2D eigenvalue weighted by atomic mass is 35.5. The van der Waals surface area contributed by atoms with Crippen molar-refractivity contribution in [2.24, 2.45) is 10.9 Å². The Bertz CT molecular complexity index is 661. The molecule has 0 spiro atoms. The van der Waals surface area contributed by atoms with E-state index < -0.39 is 30.0 Å². The van der Waals surface area contributed by atoms with Crippen LogP contribution in [0.1, 0.15) is 18.1 Å². The number of aliphatic carboxylic acids is 1. The third-order valence-electron chi connectivity index (χ3n) is 3.84. The van der Waals surface area contributed by atoms with Crippen molar-refractivity contribution >= 4 is 36.5 Å². The summed E-state index contributed by atoms with van der Waals surface area (Å²) in [6.07, 6.45) is 1.45. The fraction of sp³-hybridized carbons (Fsp3) is 0.286. The molecule has 0 saturated carbocycles. The average molecular weight is 341 g/mol. The van der Waals surface area contributed by atoms with E-state index in [0.717, 1.165) is 10.5 Å². The molecule has 1 aliphatic heterocycles. The van der Waals surface area contributed by atoms with Gasteiger partial charge in [-0.05, 0) is 18.1 Å². The molecule has 8 nitrogen and oxygen atoms in total. The molecule has 3 N–H and O–H groups in total. The fourth-order valence-electron chi connectivity index (χ4n) is 2.44. The molecule has 23 heavy (non-hydrogen) atoms. The van der Waals surface area contributed by atoms with Crippen LogP contribution in [0.4, 0.5) is 4.79 Å². The lowest BCUT2D eigenvalue weighted by Crippen LogP contribution is -2.42. The van der Waals surface area contributed by atoms with Gasteiger partial charge in [0, 0.05) is 7.05 Å². The number of halogens is 1. The molecule has 1 heterocycles. The number of likely N-dealkylation sites (N-methyl/N-ethyl adjacent to an activating group) is 1. The summed E-state index contributed by atoms with van der Waals surface area (Å²) in [4.78, 5) is 37.5. The zero-order chi connectivity index (χ0) is 16.5. The van der Waals surface area contributed by atoms with E-state index in [1.54, 1.807) is 31.2 Å². The van der Waals surface area contributed by atoms with Crippen LogP contribution in [-0.2, 0) is 15.1 Å². The largest absolute Gasteiger partial charge is 0.480 e. The van der Waals surface area contributed by atoms with E-state index in [1.165, 1.54) is 18.2 Å². The van der Waals surface area contributed by atoms with E-state index >= 15 is 0 Å². The van der Waals surface area contributed by atoms with Gasteiger partial charge in [0.1, 0.15) is 12.1 Å². The van der Waals surface area contributed by atoms with E-state index in [0.29, 0.717) is 5.56 Å². The lowest BCUT2D eigenvalue weighted by molar-refractivity contribution is -0.143. The van der Waals surface area contributed by atoms with Crippen molar-refractivity contribution in [1.29, 1.82) is 0 Å². The van der Waals surface area contributed by atoms with Gasteiger partial charge in [0.2, 0.25) is 0 Å². The molecular weight excluding hydrogens is 324 g/mol. The standard InChI is InChI=1S/C14H16N4O4.ClH/c1-14(10-5-3-9(4-6-10)7-16-15)12(21)18(8-11(19)20)13(22)17(14)2;/h3-7H,8,15H2,1-2H3,(H,19,20);1H/t14-;/m1./s1. The van der Waals surface area contributed by atoms with Crippen molar-refractivity contribution in [2.45, 2.75) is 12.5 Å². The highest BCUT2D eigenvalue weighted by Crippen LogP contribution is 2.35. The maximum Gasteiger partial charge on any atom is 0.328 e. The van der Waals surface area contributed by atoms with Gasteiger partial charge in [-0.25, -0.2) is 4.79 Å². The Morgan fingerprint density at radius 2 is 1.91 bits per heavy atom. The molecule has 0 aromatic heterocycles. The Morgan fingerprint density at radius 3 is 2.39 bits per heavy atom. The number of carboxylic acid groups (broad SMARTS) is 1. The molecule has 1 aromatic rings. The molecule has 1 aromatic carbocycles. The van der Waals surface area contributed by atoms with Crippen LogP contribution >= 0.6 is 12.4 Å². The summed E-state index contributed by atoms with van der Waals surface area (Å²) in [5, 5.41) is 12.2. The summed E-state index contributed by atoms with van der Waals surface area (Å²) in [6, 6.07) is 6.15. The molecule has 9 heteroatoms. The second-order valence-corrected chi connectivity index (χ2v) is 5.10. The number of rotatable bonds is 4. The number of hydrazone groups is 1. The van der Waals surface area contributed by atoms with Crippen LogP contribution in [0.5, 0.6) is 0 Å². The monoisotopic (exact) mass is 340 g/mol. The topological polar surface area (TPSA) is 116 Å². The Balaban J connectivity index is 0.00000264. The van der Waals surface area contributed by atoms with Crippen LogP contribution < -0.4 is 5.84 Å². The second kappa shape index (κ2) is 6.66. The first-order chi connectivity index (χ1) is 10.3. The van der Waals surface area contributed by atoms with Gasteiger partial charge in [0.15, 0.2) is 0 Å². The third-order valence-corrected chi connectivity index (χ3v) is 3.84. The van der Waals surface area contributed by atoms with Gasteiger partial charge in [0.05, 0.1) is 6.21 Å². The van der Waals surface area contributed by atoms with Crippen LogP contribution in [0.3, 0.4) is 0 Å². The van der Waals surface area contributed by atoms with Gasteiger partial charge < -0.3 is 15.8 Å². The number of hydrogen-bond donors (Lipinski definition) is 2. The minimum Gasteiger partial charge on any atom is -0.480 e. The van der Waals surface area contributed by atoms with Gasteiger partial charge in [-0.3, -0.25) is 14.5 Å². The number of imide groups is 1. The van der Waals surface area contributed by atoms with E-state index in [2.05, 4.69) is 5.10 Å². The molecule has 1 fully saturated rings. The van der Waals surface area contributed by atoms with Crippen molar-refractivity contribution in [1.82, 2.24) is 9.80 Å². The lowest BCUT2D eigenvalue weighted by atomic mass is 9.90. The lowest BCUT2D eigenvalue weighted by Gasteiger charge is -2.29. The second-order valence-electron chi connectivity index (χ2n) is 5.10. The predicted molar refractivity (Wildman–Crippen MR) is 85.3 cm³/mol. The highest BCUT2D eigenvalue weighted by molar-refractivity contribution is 6.08. The number of urea groups is 1. The Labute approximate surface area is 139 Å². The van der Waals surface area contributed by atoms with Crippen molar-refractivity contribution < 1.29 is 19.5 Å². The van der Waals surface area contributed by atoms with Crippen molar-refractivity contribution in [3.63, 3.8) is 0 Å². The molecule has 1 saturated heterocycles. The Kier molecular flexibility index (Phi) is 5.34. The van der Waals surface area contributed by atoms with Crippen molar-refractivity contribution in [3.8, 4) is 0 Å². The number of benzene rings is 1. The van der Waals surface area contributed by atoms with Gasteiger partial charge in [-0.2, -0.15) is 5.10 Å². The van der Waals surface area contributed by atoms with Gasteiger partial charge in [-0.15, -0.1) is 12.4 Å². The number of nitrogens with two attached hydrogens (primary N) is 1. The van der Waals surface area contributed by atoms with E-state index in [9.17, 15) is 14.4 Å². The van der Waals surface area contributed by atoms with Crippen LogP contribution in [0.2, 0.25) is 0 Å². The third kappa shape index (κ3) is 2.98. The number of hydrogen-bond acceptors (Lipinski definition) is 5. The van der Waals surface area contributed by atoms with Crippen molar-refractivity contribution in [2.75, 3.05) is 13.6 Å². The summed E-state index contributed by atoms with van der Waals surface area (Å²) in [5.41, 5.74) is 0.0809. The summed E-state index contributed by atoms with van der Waals surface area (Å²) in [5.74, 6) is 3.26. The summed E-state index contributed by atoms with van der Waals surface area (Å²) >= 11 is 0.